The Balaban J connectivity index is 2.09. The summed E-state index contributed by atoms with van der Waals surface area (Å²) in [5.41, 5.74) is 10.7. The third-order valence-corrected chi connectivity index (χ3v) is 5.47. The average Bonchev–Trinajstić information content (AvgIpc) is 3.38. The standard InChI is InChI=1S/C18H31N7O5/c19-10-14(26)24-8-2-5-12(24)15(27)23-11(4-1-7-22-18(20)21)16(28)25-9-3-6-13(25)17(29)30/h11-13H,1-10,19H2,(H,23,27)(H,29,30)(H4,20,21,22). The monoisotopic (exact) mass is 425 g/mol. The van der Waals surface area contributed by atoms with Crippen LogP contribution in [0.4, 0.5) is 0 Å². The number of carboxylic acids is 1. The molecule has 2 fully saturated rings. The highest BCUT2D eigenvalue weighted by atomic mass is 16.4. The molecule has 0 saturated carbocycles. The van der Waals surface area contributed by atoms with Gasteiger partial charge in [-0.25, -0.2) is 4.79 Å². The van der Waals surface area contributed by atoms with Crippen LogP contribution in [0.1, 0.15) is 38.5 Å². The fourth-order valence-electron chi connectivity index (χ4n) is 4.00. The molecule has 30 heavy (non-hydrogen) atoms. The first-order valence-electron chi connectivity index (χ1n) is 10.2. The van der Waals surface area contributed by atoms with Gasteiger partial charge in [0.2, 0.25) is 17.7 Å². The van der Waals surface area contributed by atoms with Gasteiger partial charge in [-0.1, -0.05) is 0 Å². The van der Waals surface area contributed by atoms with Crippen molar-refractivity contribution in [3.63, 3.8) is 0 Å². The molecule has 2 heterocycles. The molecule has 8 N–H and O–H groups in total. The van der Waals surface area contributed by atoms with Gasteiger partial charge in [0.1, 0.15) is 18.1 Å². The SMILES string of the molecule is N=C(N)NCCCC(NC(=O)C1CCCN1C(=O)CN)C(=O)N1CCCC1C(=O)O. The molecule has 2 saturated heterocycles. The smallest absolute Gasteiger partial charge is 0.326 e. The molecule has 3 unspecified atom stereocenters. The van der Waals surface area contributed by atoms with Crippen LogP contribution in [0, 0.1) is 5.41 Å². The molecule has 3 amide bonds. The number of amides is 3. The van der Waals surface area contributed by atoms with Crippen molar-refractivity contribution in [2.24, 2.45) is 11.5 Å². The highest BCUT2D eigenvalue weighted by molar-refractivity contribution is 5.94. The number of guanidine groups is 1. The van der Waals surface area contributed by atoms with E-state index < -0.39 is 35.9 Å². The van der Waals surface area contributed by atoms with E-state index in [1.807, 2.05) is 0 Å². The Labute approximate surface area is 174 Å². The van der Waals surface area contributed by atoms with E-state index in [0.717, 1.165) is 0 Å². The average molecular weight is 425 g/mol. The van der Waals surface area contributed by atoms with E-state index in [2.05, 4.69) is 10.6 Å². The van der Waals surface area contributed by atoms with E-state index in [1.54, 1.807) is 0 Å². The first-order chi connectivity index (χ1) is 14.3. The molecular formula is C18H31N7O5. The van der Waals surface area contributed by atoms with Gasteiger partial charge in [0.05, 0.1) is 6.54 Å². The molecule has 3 atom stereocenters. The summed E-state index contributed by atoms with van der Waals surface area (Å²) in [5.74, 6) is -2.50. The molecular weight excluding hydrogens is 394 g/mol. The number of likely N-dealkylation sites (tertiary alicyclic amines) is 2. The fraction of sp³-hybridized carbons (Fsp3) is 0.722. The third kappa shape index (κ3) is 5.81. The fourth-order valence-corrected chi connectivity index (χ4v) is 4.00. The Kier molecular flexibility index (Phi) is 8.39. The number of rotatable bonds is 9. The van der Waals surface area contributed by atoms with Crippen molar-refractivity contribution in [2.45, 2.75) is 56.7 Å². The van der Waals surface area contributed by atoms with Crippen molar-refractivity contribution in [1.82, 2.24) is 20.4 Å². The normalized spacial score (nSPS) is 21.9. The molecule has 168 valence electrons. The lowest BCUT2D eigenvalue weighted by molar-refractivity contribution is -0.149. The Morgan fingerprint density at radius 3 is 2.33 bits per heavy atom. The summed E-state index contributed by atoms with van der Waals surface area (Å²) in [6.45, 7) is 0.882. The van der Waals surface area contributed by atoms with Gasteiger partial charge < -0.3 is 37.0 Å². The second-order valence-corrected chi connectivity index (χ2v) is 7.52. The minimum Gasteiger partial charge on any atom is -0.480 e. The molecule has 2 rings (SSSR count). The van der Waals surface area contributed by atoms with Crippen LogP contribution in [0.2, 0.25) is 0 Å². The molecule has 0 aromatic heterocycles. The molecule has 0 bridgehead atoms. The highest BCUT2D eigenvalue weighted by Crippen LogP contribution is 2.21. The molecule has 2 aliphatic rings. The summed E-state index contributed by atoms with van der Waals surface area (Å²) >= 11 is 0. The number of carbonyl (C=O) groups is 4. The van der Waals surface area contributed by atoms with Gasteiger partial charge in [0.15, 0.2) is 5.96 Å². The number of carbonyl (C=O) groups excluding carboxylic acids is 3. The van der Waals surface area contributed by atoms with Crippen molar-refractivity contribution < 1.29 is 24.3 Å². The summed E-state index contributed by atoms with van der Waals surface area (Å²) < 4.78 is 0. The van der Waals surface area contributed by atoms with Gasteiger partial charge >= 0.3 is 5.97 Å². The first kappa shape index (κ1) is 23.4. The predicted molar refractivity (Wildman–Crippen MR) is 107 cm³/mol. The van der Waals surface area contributed by atoms with E-state index in [4.69, 9.17) is 16.9 Å². The summed E-state index contributed by atoms with van der Waals surface area (Å²) in [6, 6.07) is -2.53. The number of nitrogens with two attached hydrogens (primary N) is 2. The number of aliphatic carboxylic acids is 1. The number of nitrogens with zero attached hydrogens (tertiary/aromatic N) is 2. The zero-order chi connectivity index (χ0) is 22.3. The third-order valence-electron chi connectivity index (χ3n) is 5.47. The summed E-state index contributed by atoms with van der Waals surface area (Å²) in [6.07, 6.45) is 2.76. The van der Waals surface area contributed by atoms with E-state index in [-0.39, 0.29) is 24.8 Å². The topological polar surface area (TPSA) is 195 Å². The molecule has 2 aliphatic heterocycles. The Morgan fingerprint density at radius 1 is 1.10 bits per heavy atom. The Bertz CT molecular complexity index is 686. The molecule has 0 aromatic carbocycles. The van der Waals surface area contributed by atoms with Crippen molar-refractivity contribution in [1.29, 1.82) is 5.41 Å². The van der Waals surface area contributed by atoms with Gasteiger partial charge in [0.25, 0.3) is 0 Å². The zero-order valence-electron chi connectivity index (χ0n) is 16.9. The van der Waals surface area contributed by atoms with Gasteiger partial charge in [0, 0.05) is 19.6 Å². The van der Waals surface area contributed by atoms with Crippen LogP contribution in [0.5, 0.6) is 0 Å². The van der Waals surface area contributed by atoms with Crippen LogP contribution < -0.4 is 22.1 Å². The summed E-state index contributed by atoms with van der Waals surface area (Å²) in [4.78, 5) is 52.1. The van der Waals surface area contributed by atoms with E-state index in [1.165, 1.54) is 9.80 Å². The lowest BCUT2D eigenvalue weighted by Crippen LogP contribution is -2.55. The van der Waals surface area contributed by atoms with Crippen LogP contribution in [0.25, 0.3) is 0 Å². The largest absolute Gasteiger partial charge is 0.480 e. The Morgan fingerprint density at radius 2 is 1.73 bits per heavy atom. The molecule has 0 aromatic rings. The van der Waals surface area contributed by atoms with E-state index in [0.29, 0.717) is 51.7 Å². The second kappa shape index (κ2) is 10.8. The van der Waals surface area contributed by atoms with E-state index in [9.17, 15) is 24.3 Å². The number of hydrogen-bond acceptors (Lipinski definition) is 6. The number of hydrogen-bond donors (Lipinski definition) is 6. The first-order valence-corrected chi connectivity index (χ1v) is 10.2. The van der Waals surface area contributed by atoms with Crippen molar-refractivity contribution in [2.75, 3.05) is 26.2 Å². The molecule has 12 heteroatoms. The zero-order valence-corrected chi connectivity index (χ0v) is 16.9. The van der Waals surface area contributed by atoms with Crippen LogP contribution in [0.15, 0.2) is 0 Å². The van der Waals surface area contributed by atoms with Gasteiger partial charge in [-0.2, -0.15) is 0 Å². The lowest BCUT2D eigenvalue weighted by atomic mass is 10.1. The Hall–Kier alpha value is -2.89. The summed E-state index contributed by atoms with van der Waals surface area (Å²) in [5, 5.41) is 21.9. The van der Waals surface area contributed by atoms with Crippen molar-refractivity contribution in [3.05, 3.63) is 0 Å². The quantitative estimate of drug-likeness (QED) is 0.135. The van der Waals surface area contributed by atoms with Crippen LogP contribution in [-0.2, 0) is 19.2 Å². The van der Waals surface area contributed by atoms with Crippen LogP contribution in [0.3, 0.4) is 0 Å². The maximum absolute atomic E-state index is 13.1. The van der Waals surface area contributed by atoms with Crippen molar-refractivity contribution >= 4 is 29.7 Å². The highest BCUT2D eigenvalue weighted by Gasteiger charge is 2.39. The summed E-state index contributed by atoms with van der Waals surface area (Å²) in [7, 11) is 0. The number of nitrogens with one attached hydrogen (secondary N) is 3. The maximum Gasteiger partial charge on any atom is 0.326 e. The van der Waals surface area contributed by atoms with Crippen LogP contribution in [-0.4, -0.2) is 88.9 Å². The minimum absolute atomic E-state index is 0.197. The van der Waals surface area contributed by atoms with Crippen LogP contribution >= 0.6 is 0 Å². The molecule has 0 radical (unpaired) electrons. The van der Waals surface area contributed by atoms with Gasteiger partial charge in [-0.3, -0.25) is 19.8 Å². The van der Waals surface area contributed by atoms with Gasteiger partial charge in [-0.15, -0.1) is 0 Å². The minimum atomic E-state index is -1.07. The maximum atomic E-state index is 13.1. The molecule has 12 nitrogen and oxygen atoms in total. The predicted octanol–water partition coefficient (Wildman–Crippen LogP) is -2.24. The second-order valence-electron chi connectivity index (χ2n) is 7.52. The molecule has 0 aliphatic carbocycles. The van der Waals surface area contributed by atoms with E-state index >= 15 is 0 Å². The lowest BCUT2D eigenvalue weighted by Gasteiger charge is -2.29. The molecule has 0 spiro atoms. The van der Waals surface area contributed by atoms with Crippen molar-refractivity contribution in [3.8, 4) is 0 Å². The van der Waals surface area contributed by atoms with Gasteiger partial charge in [-0.05, 0) is 38.5 Å². The number of carboxylic acid groups (broad SMARTS) is 1.